The number of fused-ring (bicyclic) bond motifs is 1. The summed E-state index contributed by atoms with van der Waals surface area (Å²) < 4.78 is 1.79. The summed E-state index contributed by atoms with van der Waals surface area (Å²) in [5.41, 5.74) is 4.28. The number of nitrogens with one attached hydrogen (secondary N) is 2. The van der Waals surface area contributed by atoms with E-state index in [-0.39, 0.29) is 17.4 Å². The Morgan fingerprint density at radius 1 is 1.14 bits per heavy atom. The summed E-state index contributed by atoms with van der Waals surface area (Å²) in [5, 5.41) is 6.77. The summed E-state index contributed by atoms with van der Waals surface area (Å²) in [6.45, 7) is 6.30. The van der Waals surface area contributed by atoms with Gasteiger partial charge in [0.2, 0.25) is 5.91 Å². The van der Waals surface area contributed by atoms with Gasteiger partial charge in [0.05, 0.1) is 22.9 Å². The zero-order valence-corrected chi connectivity index (χ0v) is 21.3. The van der Waals surface area contributed by atoms with Gasteiger partial charge in [0.15, 0.2) is 5.82 Å². The van der Waals surface area contributed by atoms with Crippen LogP contribution in [0.3, 0.4) is 0 Å². The quantitative estimate of drug-likeness (QED) is 0.402. The topological polar surface area (TPSA) is 95.9 Å². The third-order valence-corrected chi connectivity index (χ3v) is 5.97. The van der Waals surface area contributed by atoms with E-state index in [1.165, 1.54) is 0 Å². The number of benzene rings is 2. The number of hydrogen-bond donors (Lipinski definition) is 2. The first-order valence-electron chi connectivity index (χ1n) is 11.4. The number of para-hydroxylation sites is 1. The summed E-state index contributed by atoms with van der Waals surface area (Å²) in [6, 6.07) is 13.1. The van der Waals surface area contributed by atoms with Gasteiger partial charge < -0.3 is 10.2 Å². The molecule has 2 aromatic carbocycles. The Balaban J connectivity index is 1.70. The molecule has 8 nitrogen and oxygen atoms in total. The highest BCUT2D eigenvalue weighted by molar-refractivity contribution is 6.32. The number of likely N-dealkylation sites (N-methyl/N-ethyl adjacent to an activating group) is 1. The molecule has 2 N–H and O–H groups in total. The van der Waals surface area contributed by atoms with Gasteiger partial charge in [0.1, 0.15) is 11.4 Å². The monoisotopic (exact) mass is 492 g/mol. The Labute approximate surface area is 209 Å². The molecular formula is C26H29ClN6O2. The third kappa shape index (κ3) is 5.28. The second-order valence-corrected chi connectivity index (χ2v) is 9.63. The van der Waals surface area contributed by atoms with E-state index < -0.39 is 0 Å². The van der Waals surface area contributed by atoms with Crippen molar-refractivity contribution in [2.45, 2.75) is 33.1 Å². The summed E-state index contributed by atoms with van der Waals surface area (Å²) in [6.07, 6.45) is 0.376. The number of H-pyrrole nitrogens is 1. The van der Waals surface area contributed by atoms with Crippen LogP contribution in [0.25, 0.3) is 17.1 Å². The maximum absolute atomic E-state index is 13.1. The van der Waals surface area contributed by atoms with E-state index in [0.29, 0.717) is 40.9 Å². The second-order valence-electron chi connectivity index (χ2n) is 9.22. The first-order chi connectivity index (χ1) is 16.6. The van der Waals surface area contributed by atoms with Crippen LogP contribution in [0.15, 0.2) is 47.3 Å². The first-order valence-corrected chi connectivity index (χ1v) is 11.8. The lowest BCUT2D eigenvalue weighted by Crippen LogP contribution is -2.27. The second kappa shape index (κ2) is 10.0. The molecule has 2 aromatic rings. The summed E-state index contributed by atoms with van der Waals surface area (Å²) >= 11 is 6.55. The van der Waals surface area contributed by atoms with Crippen molar-refractivity contribution < 1.29 is 4.79 Å². The maximum atomic E-state index is 13.1. The van der Waals surface area contributed by atoms with Crippen molar-refractivity contribution in [1.29, 1.82) is 0 Å². The molecule has 0 aromatic heterocycles. The molecule has 0 fully saturated rings. The number of aromatic nitrogens is 4. The van der Waals surface area contributed by atoms with Crippen molar-refractivity contribution in [2.24, 2.45) is 0 Å². The number of rotatable bonds is 7. The van der Waals surface area contributed by atoms with Gasteiger partial charge in [-0.1, -0.05) is 49.7 Å². The van der Waals surface area contributed by atoms with E-state index in [4.69, 9.17) is 16.6 Å². The minimum atomic E-state index is -0.319. The van der Waals surface area contributed by atoms with Crippen LogP contribution in [-0.4, -0.2) is 51.2 Å². The van der Waals surface area contributed by atoms with E-state index in [1.807, 2.05) is 77.3 Å². The molecule has 0 atom stereocenters. The number of halogens is 1. The zero-order chi connectivity index (χ0) is 25.3. The molecule has 35 heavy (non-hydrogen) atoms. The molecule has 0 unspecified atom stereocenters. The van der Waals surface area contributed by atoms with E-state index in [1.54, 1.807) is 9.58 Å². The Morgan fingerprint density at radius 2 is 1.86 bits per heavy atom. The van der Waals surface area contributed by atoms with Gasteiger partial charge in [-0.05, 0) is 56.3 Å². The van der Waals surface area contributed by atoms with Gasteiger partial charge in [0.25, 0.3) is 5.56 Å². The zero-order valence-electron chi connectivity index (χ0n) is 20.5. The summed E-state index contributed by atoms with van der Waals surface area (Å²) in [5.74, 6) is 0.909. The molecule has 182 valence electrons. The standard InChI is InChI=1S/C26H29ClN6O2/c1-15(2)23-22-25(33(31-23)24-16(3)7-6-8-19(24)27)29-20(30-26(22)35)13-17-9-11-18(12-10-17)28-21(34)14-32(4)5/h6-12,15,31H,13-14H2,1-5H3,(H,28,34). The van der Waals surface area contributed by atoms with Crippen molar-refractivity contribution in [3.63, 3.8) is 0 Å². The molecule has 0 saturated carbocycles. The number of carbonyl (C=O) groups excluding carboxylic acids is 1. The highest BCUT2D eigenvalue weighted by Gasteiger charge is 2.26. The van der Waals surface area contributed by atoms with E-state index in [0.717, 1.165) is 22.5 Å². The SMILES string of the molecule is Cc1cccc(Cl)c1-n1[nH]c(C(C)C)c2c(=O)nc(Cc3ccc(NC(=O)CN(C)C)cc3)nc1-2. The van der Waals surface area contributed by atoms with Crippen LogP contribution >= 0.6 is 11.6 Å². The van der Waals surface area contributed by atoms with Crippen LogP contribution in [0.5, 0.6) is 0 Å². The average Bonchev–Trinajstić information content (AvgIpc) is 3.14. The molecule has 2 aliphatic rings. The first kappa shape index (κ1) is 24.6. The molecule has 0 saturated heterocycles. The Hall–Kier alpha value is -3.49. The molecule has 0 bridgehead atoms. The van der Waals surface area contributed by atoms with Crippen LogP contribution in [0, 0.1) is 6.92 Å². The minimum absolute atomic E-state index is 0.0685. The van der Waals surface area contributed by atoms with Crippen LogP contribution in [-0.2, 0) is 11.2 Å². The molecule has 1 amide bonds. The van der Waals surface area contributed by atoms with E-state index in [2.05, 4.69) is 15.4 Å². The Bertz CT molecular complexity index is 1370. The lowest BCUT2D eigenvalue weighted by atomic mass is 10.1. The maximum Gasteiger partial charge on any atom is 0.284 e. The van der Waals surface area contributed by atoms with Crippen molar-refractivity contribution >= 4 is 23.2 Å². The van der Waals surface area contributed by atoms with Crippen molar-refractivity contribution in [3.05, 3.63) is 80.5 Å². The predicted molar refractivity (Wildman–Crippen MR) is 139 cm³/mol. The molecule has 0 radical (unpaired) electrons. The average molecular weight is 493 g/mol. The minimum Gasteiger partial charge on any atom is -0.325 e. The number of aryl methyl sites for hydroxylation is 1. The molecule has 0 spiro atoms. The number of hydrogen-bond acceptors (Lipinski definition) is 5. The van der Waals surface area contributed by atoms with Crippen molar-refractivity contribution in [3.8, 4) is 17.1 Å². The summed E-state index contributed by atoms with van der Waals surface area (Å²) in [4.78, 5) is 36.0. The fourth-order valence-corrected chi connectivity index (χ4v) is 4.35. The van der Waals surface area contributed by atoms with Gasteiger partial charge in [0, 0.05) is 12.1 Å². The van der Waals surface area contributed by atoms with E-state index >= 15 is 0 Å². The number of nitrogens with zero attached hydrogens (tertiary/aromatic N) is 4. The van der Waals surface area contributed by atoms with Gasteiger partial charge in [-0.25, -0.2) is 9.67 Å². The van der Waals surface area contributed by atoms with Gasteiger partial charge in [-0.2, -0.15) is 4.98 Å². The fraction of sp³-hybridized carbons (Fsp3) is 0.308. The normalized spacial score (nSPS) is 11.5. The van der Waals surface area contributed by atoms with Gasteiger partial charge in [-0.3, -0.25) is 14.7 Å². The predicted octanol–water partition coefficient (Wildman–Crippen LogP) is 4.24. The van der Waals surface area contributed by atoms with Crippen LogP contribution in [0.4, 0.5) is 5.69 Å². The van der Waals surface area contributed by atoms with Crippen LogP contribution in [0.1, 0.15) is 42.4 Å². The number of anilines is 1. The lowest BCUT2D eigenvalue weighted by Gasteiger charge is -2.12. The molecule has 0 aliphatic carbocycles. The number of amides is 1. The van der Waals surface area contributed by atoms with Crippen LogP contribution < -0.4 is 10.9 Å². The number of carbonyl (C=O) groups is 1. The highest BCUT2D eigenvalue weighted by atomic mass is 35.5. The van der Waals surface area contributed by atoms with Gasteiger partial charge in [-0.15, -0.1) is 0 Å². The largest absolute Gasteiger partial charge is 0.325 e. The Morgan fingerprint density at radius 3 is 2.49 bits per heavy atom. The molecule has 4 rings (SSSR count). The van der Waals surface area contributed by atoms with Crippen molar-refractivity contribution in [1.82, 2.24) is 24.6 Å². The third-order valence-electron chi connectivity index (χ3n) is 5.67. The smallest absolute Gasteiger partial charge is 0.284 e. The Kier molecular flexibility index (Phi) is 7.05. The van der Waals surface area contributed by atoms with Crippen molar-refractivity contribution in [2.75, 3.05) is 26.0 Å². The van der Waals surface area contributed by atoms with Gasteiger partial charge >= 0.3 is 0 Å². The van der Waals surface area contributed by atoms with E-state index in [9.17, 15) is 9.59 Å². The summed E-state index contributed by atoms with van der Waals surface area (Å²) in [7, 11) is 3.68. The highest BCUT2D eigenvalue weighted by Crippen LogP contribution is 2.32. The fourth-order valence-electron chi connectivity index (χ4n) is 4.04. The molecule has 2 heterocycles. The molecular weight excluding hydrogens is 464 g/mol. The van der Waals surface area contributed by atoms with Crippen LogP contribution in [0.2, 0.25) is 5.02 Å². The molecule has 2 aliphatic heterocycles. The number of aromatic amines is 1. The lowest BCUT2D eigenvalue weighted by molar-refractivity contribution is -0.116. The molecule has 9 heteroatoms.